The molecular weight excluding hydrogens is 196 g/mol. The van der Waals surface area contributed by atoms with Crippen molar-refractivity contribution in [3.8, 4) is 0 Å². The van der Waals surface area contributed by atoms with Crippen molar-refractivity contribution < 1.29 is 0 Å². The van der Waals surface area contributed by atoms with Crippen LogP contribution in [0.2, 0.25) is 0 Å². The molecule has 1 aromatic carbocycles. The Hall–Kier alpha value is -1.02. The van der Waals surface area contributed by atoms with Gasteiger partial charge in [-0.1, -0.05) is 18.2 Å². The van der Waals surface area contributed by atoms with Gasteiger partial charge in [0, 0.05) is 18.8 Å². The molecule has 1 N–H and O–H groups in total. The monoisotopic (exact) mass is 216 g/mol. The molecule has 0 bridgehead atoms. The Morgan fingerprint density at radius 2 is 2.25 bits per heavy atom. The zero-order chi connectivity index (χ0) is 11.0. The molecular formula is C14H20N2. The highest BCUT2D eigenvalue weighted by Crippen LogP contribution is 2.28. The smallest absolute Gasteiger partial charge is 0.0402 e. The predicted octanol–water partition coefficient (Wildman–Crippen LogP) is 2.28. The zero-order valence-corrected chi connectivity index (χ0v) is 10.00. The number of fused-ring (bicyclic) bond motifs is 1. The van der Waals surface area contributed by atoms with Crippen LogP contribution in [0.4, 0.5) is 5.69 Å². The van der Waals surface area contributed by atoms with Crippen LogP contribution in [0, 0.1) is 12.8 Å². The highest BCUT2D eigenvalue weighted by molar-refractivity contribution is 5.58. The van der Waals surface area contributed by atoms with E-state index in [2.05, 4.69) is 35.3 Å². The molecule has 0 saturated carbocycles. The molecule has 2 heteroatoms. The number of anilines is 1. The van der Waals surface area contributed by atoms with Crippen LogP contribution in [0.25, 0.3) is 0 Å². The lowest BCUT2D eigenvalue weighted by Crippen LogP contribution is -2.43. The van der Waals surface area contributed by atoms with Gasteiger partial charge in [0.2, 0.25) is 0 Å². The Kier molecular flexibility index (Phi) is 2.60. The quantitative estimate of drug-likeness (QED) is 0.816. The van der Waals surface area contributed by atoms with Crippen molar-refractivity contribution in [2.75, 3.05) is 31.5 Å². The number of nitrogens with zero attached hydrogens (tertiary/aromatic N) is 1. The van der Waals surface area contributed by atoms with Gasteiger partial charge in [-0.15, -0.1) is 0 Å². The van der Waals surface area contributed by atoms with Crippen LogP contribution in [0.15, 0.2) is 18.2 Å². The van der Waals surface area contributed by atoms with Crippen molar-refractivity contribution in [1.82, 2.24) is 4.90 Å². The topological polar surface area (TPSA) is 15.3 Å². The molecule has 86 valence electrons. The fourth-order valence-electron chi connectivity index (χ4n) is 2.84. The molecule has 0 radical (unpaired) electrons. The van der Waals surface area contributed by atoms with Crippen LogP contribution in [-0.4, -0.2) is 31.1 Å². The van der Waals surface area contributed by atoms with E-state index in [-0.39, 0.29) is 0 Å². The fourth-order valence-corrected chi connectivity index (χ4v) is 2.84. The number of aryl methyl sites for hydroxylation is 1. The molecule has 0 amide bonds. The van der Waals surface area contributed by atoms with E-state index in [1.807, 2.05) is 0 Å². The molecule has 1 saturated heterocycles. The van der Waals surface area contributed by atoms with Crippen LogP contribution in [0.3, 0.4) is 0 Å². The number of para-hydroxylation sites is 1. The average Bonchev–Trinajstić information content (AvgIpc) is 2.24. The summed E-state index contributed by atoms with van der Waals surface area (Å²) < 4.78 is 0. The molecule has 16 heavy (non-hydrogen) atoms. The molecule has 1 unspecified atom stereocenters. The number of hydrogen-bond donors (Lipinski definition) is 1. The van der Waals surface area contributed by atoms with E-state index >= 15 is 0 Å². The molecule has 2 aliphatic heterocycles. The van der Waals surface area contributed by atoms with Gasteiger partial charge >= 0.3 is 0 Å². The summed E-state index contributed by atoms with van der Waals surface area (Å²) in [6, 6.07) is 6.65. The fraction of sp³-hybridized carbons (Fsp3) is 0.571. The van der Waals surface area contributed by atoms with Crippen molar-refractivity contribution in [3.05, 3.63) is 29.3 Å². The Bertz CT molecular complexity index is 382. The van der Waals surface area contributed by atoms with Crippen molar-refractivity contribution >= 4 is 5.69 Å². The maximum absolute atomic E-state index is 3.61. The first-order chi connectivity index (χ1) is 7.83. The normalized spacial score (nSPS) is 24.4. The summed E-state index contributed by atoms with van der Waals surface area (Å²) in [6.07, 6.45) is 2.65. The van der Waals surface area contributed by atoms with Gasteiger partial charge in [-0.2, -0.15) is 0 Å². The van der Waals surface area contributed by atoms with E-state index in [1.165, 1.54) is 49.3 Å². The predicted molar refractivity (Wildman–Crippen MR) is 67.9 cm³/mol. The van der Waals surface area contributed by atoms with E-state index in [4.69, 9.17) is 0 Å². The van der Waals surface area contributed by atoms with Crippen LogP contribution >= 0.6 is 0 Å². The highest BCUT2D eigenvalue weighted by Gasteiger charge is 2.23. The second-order valence-corrected chi connectivity index (χ2v) is 5.21. The van der Waals surface area contributed by atoms with E-state index < -0.39 is 0 Å². The molecule has 1 fully saturated rings. The summed E-state index contributed by atoms with van der Waals surface area (Å²) in [5, 5.41) is 3.61. The van der Waals surface area contributed by atoms with Crippen molar-refractivity contribution in [2.45, 2.75) is 19.8 Å². The van der Waals surface area contributed by atoms with Gasteiger partial charge in [-0.25, -0.2) is 0 Å². The van der Waals surface area contributed by atoms with Gasteiger partial charge in [-0.3, -0.25) is 0 Å². The molecule has 0 spiro atoms. The number of rotatable bonds is 2. The molecule has 2 aliphatic rings. The molecule has 0 aliphatic carbocycles. The molecule has 1 aromatic rings. The molecule has 2 heterocycles. The van der Waals surface area contributed by atoms with Gasteiger partial charge in [0.25, 0.3) is 0 Å². The minimum atomic E-state index is 0.801. The summed E-state index contributed by atoms with van der Waals surface area (Å²) in [5.74, 6) is 0.801. The van der Waals surface area contributed by atoms with Crippen LogP contribution in [0.1, 0.15) is 17.5 Å². The Labute approximate surface area is 97.6 Å². The van der Waals surface area contributed by atoms with Gasteiger partial charge in [0.15, 0.2) is 0 Å². The summed E-state index contributed by atoms with van der Waals surface area (Å²) in [7, 11) is 0. The third kappa shape index (κ3) is 1.82. The van der Waals surface area contributed by atoms with Crippen LogP contribution in [-0.2, 0) is 6.42 Å². The van der Waals surface area contributed by atoms with E-state index in [0.29, 0.717) is 0 Å². The third-order valence-electron chi connectivity index (χ3n) is 3.90. The maximum Gasteiger partial charge on any atom is 0.0402 e. The Morgan fingerprint density at radius 1 is 1.38 bits per heavy atom. The van der Waals surface area contributed by atoms with Crippen molar-refractivity contribution in [1.29, 1.82) is 0 Å². The number of likely N-dealkylation sites (tertiary alicyclic amines) is 1. The standard InChI is InChI=1S/C14H20N2/c1-11-4-2-5-13-8-12(9-15-14(11)13)10-16-6-3-7-16/h2,4-5,12,15H,3,6-10H2,1H3. The summed E-state index contributed by atoms with van der Waals surface area (Å²) in [5.41, 5.74) is 4.29. The Morgan fingerprint density at radius 3 is 3.00 bits per heavy atom. The van der Waals surface area contributed by atoms with Gasteiger partial charge in [-0.05, 0) is 49.9 Å². The highest BCUT2D eigenvalue weighted by atomic mass is 15.2. The third-order valence-corrected chi connectivity index (χ3v) is 3.90. The lowest BCUT2D eigenvalue weighted by molar-refractivity contribution is 0.153. The number of nitrogens with one attached hydrogen (secondary N) is 1. The largest absolute Gasteiger partial charge is 0.384 e. The maximum atomic E-state index is 3.61. The van der Waals surface area contributed by atoms with Crippen molar-refractivity contribution in [2.24, 2.45) is 5.92 Å². The molecule has 2 nitrogen and oxygen atoms in total. The van der Waals surface area contributed by atoms with E-state index in [9.17, 15) is 0 Å². The first-order valence-corrected chi connectivity index (χ1v) is 6.37. The Balaban J connectivity index is 1.70. The van der Waals surface area contributed by atoms with Gasteiger partial charge in [0.05, 0.1) is 0 Å². The van der Waals surface area contributed by atoms with Gasteiger partial charge in [0.1, 0.15) is 0 Å². The van der Waals surface area contributed by atoms with Crippen LogP contribution < -0.4 is 5.32 Å². The number of benzene rings is 1. The molecule has 3 rings (SSSR count). The van der Waals surface area contributed by atoms with Crippen molar-refractivity contribution in [3.63, 3.8) is 0 Å². The number of hydrogen-bond acceptors (Lipinski definition) is 2. The average molecular weight is 216 g/mol. The van der Waals surface area contributed by atoms with E-state index in [0.717, 1.165) is 12.5 Å². The summed E-state index contributed by atoms with van der Waals surface area (Å²) in [4.78, 5) is 2.58. The second-order valence-electron chi connectivity index (χ2n) is 5.21. The van der Waals surface area contributed by atoms with E-state index in [1.54, 1.807) is 0 Å². The summed E-state index contributed by atoms with van der Waals surface area (Å²) >= 11 is 0. The van der Waals surface area contributed by atoms with Gasteiger partial charge < -0.3 is 10.2 Å². The lowest BCUT2D eigenvalue weighted by Gasteiger charge is -2.36. The first kappa shape index (κ1) is 10.2. The lowest BCUT2D eigenvalue weighted by atomic mass is 9.91. The minimum absolute atomic E-state index is 0.801. The minimum Gasteiger partial charge on any atom is -0.384 e. The first-order valence-electron chi connectivity index (χ1n) is 6.37. The summed E-state index contributed by atoms with van der Waals surface area (Å²) in [6.45, 7) is 7.25. The van der Waals surface area contributed by atoms with Crippen LogP contribution in [0.5, 0.6) is 0 Å². The SMILES string of the molecule is Cc1cccc2c1NCC(CN1CCC1)C2. The zero-order valence-electron chi connectivity index (χ0n) is 10.00. The second kappa shape index (κ2) is 4.10. The molecule has 0 aromatic heterocycles. The molecule has 1 atom stereocenters.